The number of Topliss-reactive ketones (excluding diaryl/α,β-unsaturated/α-hetero) is 1. The molecule has 138 valence electrons. The summed E-state index contributed by atoms with van der Waals surface area (Å²) in [6.07, 6.45) is 2.05. The average molecular weight is 388 g/mol. The molecule has 2 aromatic rings. The fourth-order valence-corrected chi connectivity index (χ4v) is 5.04. The second-order valence-electron chi connectivity index (χ2n) is 7.45. The van der Waals surface area contributed by atoms with Crippen molar-refractivity contribution in [3.05, 3.63) is 43.8 Å². The summed E-state index contributed by atoms with van der Waals surface area (Å²) in [5.74, 6) is 6.32. The number of nitrogens with zero attached hydrogens (tertiary/aromatic N) is 1. The number of aryl methyl sites for hydroxylation is 1. The Kier molecular flexibility index (Phi) is 5.99. The third kappa shape index (κ3) is 5.05. The van der Waals surface area contributed by atoms with Crippen molar-refractivity contribution in [2.75, 3.05) is 13.1 Å². The summed E-state index contributed by atoms with van der Waals surface area (Å²) in [5, 5.41) is 11.7. The standard InChI is InChI=1S/C21H25NO2S2/c1-15-9-12-25-20(15)19(23)16-5-4-11-22(13-16)14-18-7-6-17(26-18)8-10-21(2,3)24/h6-7,9,12,16,24H,4-5,11,13-14H2,1-3H3. The number of carbonyl (C=O) groups is 1. The SMILES string of the molecule is Cc1ccsc1C(=O)C1CCCN(Cc2ccc(C#CC(C)(C)O)s2)C1. The zero-order valence-electron chi connectivity index (χ0n) is 15.5. The number of aliphatic hydroxyl groups is 1. The molecule has 0 radical (unpaired) electrons. The topological polar surface area (TPSA) is 40.5 Å². The Morgan fingerprint density at radius 2 is 2.19 bits per heavy atom. The summed E-state index contributed by atoms with van der Waals surface area (Å²) in [6, 6.07) is 6.15. The average Bonchev–Trinajstić information content (AvgIpc) is 3.21. The predicted molar refractivity (Wildman–Crippen MR) is 109 cm³/mol. The Bertz CT molecular complexity index is 832. The van der Waals surface area contributed by atoms with Gasteiger partial charge in [0.2, 0.25) is 0 Å². The molecule has 1 aliphatic rings. The van der Waals surface area contributed by atoms with Crippen LogP contribution in [0.15, 0.2) is 23.6 Å². The number of likely N-dealkylation sites (tertiary alicyclic amines) is 1. The summed E-state index contributed by atoms with van der Waals surface area (Å²) < 4.78 is 0. The van der Waals surface area contributed by atoms with Gasteiger partial charge >= 0.3 is 0 Å². The Hall–Kier alpha value is -1.45. The van der Waals surface area contributed by atoms with Crippen molar-refractivity contribution >= 4 is 28.5 Å². The van der Waals surface area contributed by atoms with Crippen LogP contribution in [0.1, 0.15) is 51.7 Å². The molecule has 0 aliphatic carbocycles. The third-order valence-electron chi connectivity index (χ3n) is 4.49. The first-order valence-corrected chi connectivity index (χ1v) is 10.7. The van der Waals surface area contributed by atoms with E-state index in [0.29, 0.717) is 5.78 Å². The van der Waals surface area contributed by atoms with Crippen molar-refractivity contribution in [3.63, 3.8) is 0 Å². The van der Waals surface area contributed by atoms with E-state index >= 15 is 0 Å². The largest absolute Gasteiger partial charge is 0.378 e. The van der Waals surface area contributed by atoms with E-state index in [1.807, 2.05) is 24.4 Å². The lowest BCUT2D eigenvalue weighted by Crippen LogP contribution is -2.38. The van der Waals surface area contributed by atoms with Crippen molar-refractivity contribution in [2.45, 2.75) is 45.8 Å². The van der Waals surface area contributed by atoms with Crippen LogP contribution >= 0.6 is 22.7 Å². The zero-order valence-corrected chi connectivity index (χ0v) is 17.2. The van der Waals surface area contributed by atoms with E-state index in [0.717, 1.165) is 47.8 Å². The van der Waals surface area contributed by atoms with Crippen LogP contribution in [0.3, 0.4) is 0 Å². The summed E-state index contributed by atoms with van der Waals surface area (Å²) in [6.45, 7) is 8.13. The molecule has 0 amide bonds. The number of carbonyl (C=O) groups excluding carboxylic acids is 1. The van der Waals surface area contributed by atoms with E-state index in [-0.39, 0.29) is 5.92 Å². The number of piperidine rings is 1. The van der Waals surface area contributed by atoms with E-state index in [1.54, 1.807) is 36.5 Å². The molecule has 2 aromatic heterocycles. The lowest BCUT2D eigenvalue weighted by atomic mass is 9.92. The second kappa shape index (κ2) is 8.06. The molecule has 0 bridgehead atoms. The van der Waals surface area contributed by atoms with Crippen molar-refractivity contribution in [3.8, 4) is 11.8 Å². The van der Waals surface area contributed by atoms with Crippen molar-refractivity contribution in [1.82, 2.24) is 4.90 Å². The highest BCUT2D eigenvalue weighted by atomic mass is 32.1. The van der Waals surface area contributed by atoms with Gasteiger partial charge in [-0.15, -0.1) is 22.7 Å². The van der Waals surface area contributed by atoms with Gasteiger partial charge in [0.25, 0.3) is 0 Å². The molecule has 3 nitrogen and oxygen atoms in total. The van der Waals surface area contributed by atoms with Gasteiger partial charge in [0, 0.05) is 23.9 Å². The molecule has 1 unspecified atom stereocenters. The summed E-state index contributed by atoms with van der Waals surface area (Å²) >= 11 is 3.23. The van der Waals surface area contributed by atoms with Gasteiger partial charge in [-0.1, -0.05) is 11.8 Å². The van der Waals surface area contributed by atoms with E-state index in [1.165, 1.54) is 4.88 Å². The van der Waals surface area contributed by atoms with E-state index in [2.05, 4.69) is 22.8 Å². The third-order valence-corrected chi connectivity index (χ3v) is 6.51. The van der Waals surface area contributed by atoms with Gasteiger partial charge in [-0.3, -0.25) is 9.69 Å². The molecule has 0 saturated carbocycles. The number of rotatable bonds is 4. The van der Waals surface area contributed by atoms with Crippen LogP contribution in [0.5, 0.6) is 0 Å². The van der Waals surface area contributed by atoms with Gasteiger partial charge in [0.1, 0.15) is 5.60 Å². The van der Waals surface area contributed by atoms with Crippen LogP contribution in [0.4, 0.5) is 0 Å². The monoisotopic (exact) mass is 387 g/mol. The van der Waals surface area contributed by atoms with Gasteiger partial charge < -0.3 is 5.11 Å². The van der Waals surface area contributed by atoms with Gasteiger partial charge in [-0.25, -0.2) is 0 Å². The van der Waals surface area contributed by atoms with E-state index in [4.69, 9.17) is 0 Å². The maximum atomic E-state index is 12.8. The molecule has 3 heterocycles. The molecule has 1 fully saturated rings. The molecule has 5 heteroatoms. The first-order valence-electron chi connectivity index (χ1n) is 8.97. The molecule has 3 rings (SSSR count). The lowest BCUT2D eigenvalue weighted by Gasteiger charge is -2.31. The number of ketones is 1. The molecule has 1 aliphatic heterocycles. The maximum Gasteiger partial charge on any atom is 0.177 e. The summed E-state index contributed by atoms with van der Waals surface area (Å²) in [4.78, 5) is 18.3. The zero-order chi connectivity index (χ0) is 18.7. The number of thiophene rings is 2. The van der Waals surface area contributed by atoms with Crippen LogP contribution < -0.4 is 0 Å². The van der Waals surface area contributed by atoms with Crippen LogP contribution in [-0.2, 0) is 6.54 Å². The highest BCUT2D eigenvalue weighted by Crippen LogP contribution is 2.27. The van der Waals surface area contributed by atoms with E-state index in [9.17, 15) is 9.90 Å². The first kappa shape index (κ1) is 19.3. The molecule has 1 N–H and O–H groups in total. The fourth-order valence-electron chi connectivity index (χ4n) is 3.19. The fraction of sp³-hybridized carbons (Fsp3) is 0.476. The maximum absolute atomic E-state index is 12.8. The Morgan fingerprint density at radius 3 is 2.88 bits per heavy atom. The van der Waals surface area contributed by atoms with Crippen molar-refractivity contribution in [1.29, 1.82) is 0 Å². The molecule has 1 atom stereocenters. The van der Waals surface area contributed by atoms with Gasteiger partial charge in [0.15, 0.2) is 5.78 Å². The molecule has 1 saturated heterocycles. The van der Waals surface area contributed by atoms with Crippen LogP contribution in [-0.4, -0.2) is 34.5 Å². The van der Waals surface area contributed by atoms with Crippen LogP contribution in [0, 0.1) is 24.7 Å². The van der Waals surface area contributed by atoms with Gasteiger partial charge in [-0.2, -0.15) is 0 Å². The Morgan fingerprint density at radius 1 is 1.38 bits per heavy atom. The molecular weight excluding hydrogens is 362 g/mol. The molecule has 26 heavy (non-hydrogen) atoms. The lowest BCUT2D eigenvalue weighted by molar-refractivity contribution is 0.0816. The first-order chi connectivity index (χ1) is 12.3. The summed E-state index contributed by atoms with van der Waals surface area (Å²) in [7, 11) is 0. The molecule has 0 aromatic carbocycles. The highest BCUT2D eigenvalue weighted by molar-refractivity contribution is 7.12. The number of hydrogen-bond acceptors (Lipinski definition) is 5. The van der Waals surface area contributed by atoms with Gasteiger partial charge in [0.05, 0.1) is 9.75 Å². The van der Waals surface area contributed by atoms with Crippen molar-refractivity contribution in [2.24, 2.45) is 5.92 Å². The van der Waals surface area contributed by atoms with Crippen LogP contribution in [0.25, 0.3) is 0 Å². The highest BCUT2D eigenvalue weighted by Gasteiger charge is 2.28. The minimum Gasteiger partial charge on any atom is -0.378 e. The van der Waals surface area contributed by atoms with Crippen molar-refractivity contribution < 1.29 is 9.90 Å². The van der Waals surface area contributed by atoms with Gasteiger partial charge in [-0.05, 0) is 69.3 Å². The van der Waals surface area contributed by atoms with E-state index < -0.39 is 5.60 Å². The molecular formula is C21H25NO2S2. The Balaban J connectivity index is 1.62. The minimum absolute atomic E-state index is 0.107. The second-order valence-corrected chi connectivity index (χ2v) is 9.53. The quantitative estimate of drug-likeness (QED) is 0.627. The number of hydrogen-bond donors (Lipinski definition) is 1. The summed E-state index contributed by atoms with van der Waals surface area (Å²) in [5.41, 5.74) is 0.134. The normalized spacial score (nSPS) is 18.4. The molecule has 0 spiro atoms. The minimum atomic E-state index is -0.968. The predicted octanol–water partition coefficient (Wildman–Crippen LogP) is 4.34. The smallest absolute Gasteiger partial charge is 0.177 e. The van der Waals surface area contributed by atoms with Crippen LogP contribution in [0.2, 0.25) is 0 Å². The Labute approximate surface area is 163 Å².